The van der Waals surface area contributed by atoms with Gasteiger partial charge in [0.05, 0.1) is 17.3 Å². The lowest BCUT2D eigenvalue weighted by Crippen LogP contribution is -2.40. The average Bonchev–Trinajstić information content (AvgIpc) is 2.42. The predicted molar refractivity (Wildman–Crippen MR) is 83.1 cm³/mol. The fourth-order valence-electron chi connectivity index (χ4n) is 2.23. The molecule has 0 aliphatic heterocycles. The van der Waals surface area contributed by atoms with Crippen LogP contribution in [0.3, 0.4) is 0 Å². The van der Waals surface area contributed by atoms with E-state index in [4.69, 9.17) is 9.53 Å². The second-order valence-corrected chi connectivity index (χ2v) is 10.3. The second-order valence-electron chi connectivity index (χ2n) is 5.59. The quantitative estimate of drug-likeness (QED) is 0.397. The Labute approximate surface area is 123 Å². The third-order valence-corrected chi connectivity index (χ3v) is 8.67. The molecule has 0 aromatic carbocycles. The van der Waals surface area contributed by atoms with Crippen LogP contribution in [0.15, 0.2) is 11.8 Å². The number of aliphatic carboxylic acids is 1. The monoisotopic (exact) mass is 300 g/mol. The van der Waals surface area contributed by atoms with Crippen molar-refractivity contribution in [2.75, 3.05) is 0 Å². The van der Waals surface area contributed by atoms with Crippen molar-refractivity contribution in [1.82, 2.24) is 0 Å². The smallest absolute Gasteiger partial charge is 0.331 e. The Kier molecular flexibility index (Phi) is 7.20. The molecule has 1 N–H and O–H groups in total. The van der Waals surface area contributed by atoms with E-state index in [1.54, 1.807) is 20.8 Å². The maximum absolute atomic E-state index is 12.1. The summed E-state index contributed by atoms with van der Waals surface area (Å²) in [4.78, 5) is 23.2. The minimum Gasteiger partial charge on any atom is -0.545 e. The van der Waals surface area contributed by atoms with Crippen LogP contribution in [0, 0.1) is 5.41 Å². The average molecular weight is 300 g/mol. The molecule has 0 saturated heterocycles. The summed E-state index contributed by atoms with van der Waals surface area (Å²) in [5, 5.41) is 9.06. The number of ketones is 1. The molecular formula is C15H28O4Si. The van der Waals surface area contributed by atoms with Crippen LogP contribution in [0.4, 0.5) is 0 Å². The highest BCUT2D eigenvalue weighted by atomic mass is 28.4. The molecule has 0 aliphatic rings. The SMILES string of the molecule is CCC(=O)C(C)(C)C(=CC(=O)O)O[Si](CC)(CC)CC. The fraction of sp³-hybridized carbons (Fsp3) is 0.733. The first-order valence-corrected chi connectivity index (χ1v) is 9.89. The van der Waals surface area contributed by atoms with E-state index in [2.05, 4.69) is 20.8 Å². The maximum atomic E-state index is 12.1. The van der Waals surface area contributed by atoms with Gasteiger partial charge in [-0.15, -0.1) is 0 Å². The van der Waals surface area contributed by atoms with E-state index in [1.165, 1.54) is 0 Å². The Bertz CT molecular complexity index is 373. The van der Waals surface area contributed by atoms with E-state index < -0.39 is 19.7 Å². The summed E-state index contributed by atoms with van der Waals surface area (Å²) in [5.41, 5.74) is -0.884. The van der Waals surface area contributed by atoms with Gasteiger partial charge in [-0.3, -0.25) is 4.79 Å². The van der Waals surface area contributed by atoms with Crippen molar-refractivity contribution in [2.24, 2.45) is 5.41 Å². The fourth-order valence-corrected chi connectivity index (χ4v) is 4.94. The molecule has 0 unspecified atom stereocenters. The van der Waals surface area contributed by atoms with Crippen molar-refractivity contribution < 1.29 is 19.1 Å². The van der Waals surface area contributed by atoms with Crippen molar-refractivity contribution >= 4 is 20.1 Å². The standard InChI is InChI=1S/C15H28O4Si/c1-7-12(16)15(5,6)13(11-14(17)18)19-20(8-2,9-3)10-4/h11H,7-10H2,1-6H3,(H,17,18). The van der Waals surface area contributed by atoms with Gasteiger partial charge < -0.3 is 9.53 Å². The van der Waals surface area contributed by atoms with Gasteiger partial charge in [-0.05, 0) is 32.0 Å². The zero-order valence-electron chi connectivity index (χ0n) is 13.6. The number of rotatable bonds is 9. The molecule has 0 atom stereocenters. The molecule has 0 aromatic heterocycles. The zero-order chi connectivity index (χ0) is 16.0. The number of Topliss-reactive ketones (excluding diaryl/α,β-unsaturated/α-hetero) is 1. The van der Waals surface area contributed by atoms with Crippen LogP contribution in [0.1, 0.15) is 48.0 Å². The van der Waals surface area contributed by atoms with Crippen molar-refractivity contribution in [2.45, 2.75) is 66.1 Å². The van der Waals surface area contributed by atoms with Crippen LogP contribution in [-0.4, -0.2) is 25.2 Å². The highest BCUT2D eigenvalue weighted by molar-refractivity contribution is 6.73. The Morgan fingerprint density at radius 3 is 1.85 bits per heavy atom. The third-order valence-electron chi connectivity index (χ3n) is 4.15. The Hall–Kier alpha value is -1.10. The van der Waals surface area contributed by atoms with Crippen LogP contribution < -0.4 is 0 Å². The van der Waals surface area contributed by atoms with Gasteiger partial charge in [-0.2, -0.15) is 0 Å². The molecule has 4 nitrogen and oxygen atoms in total. The highest BCUT2D eigenvalue weighted by Crippen LogP contribution is 2.35. The highest BCUT2D eigenvalue weighted by Gasteiger charge is 2.39. The normalized spacial score (nSPS) is 13.2. The van der Waals surface area contributed by atoms with Crippen LogP contribution in [0.5, 0.6) is 0 Å². The summed E-state index contributed by atoms with van der Waals surface area (Å²) in [6.45, 7) is 11.5. The molecular weight excluding hydrogens is 272 g/mol. The van der Waals surface area contributed by atoms with E-state index in [9.17, 15) is 9.59 Å². The first kappa shape index (κ1) is 18.9. The minimum atomic E-state index is -2.00. The van der Waals surface area contributed by atoms with E-state index in [-0.39, 0.29) is 5.78 Å². The van der Waals surface area contributed by atoms with E-state index in [0.717, 1.165) is 24.2 Å². The summed E-state index contributed by atoms with van der Waals surface area (Å²) >= 11 is 0. The van der Waals surface area contributed by atoms with Crippen LogP contribution in [0.25, 0.3) is 0 Å². The molecule has 0 spiro atoms. The number of carbonyl (C=O) groups excluding carboxylic acids is 1. The molecule has 0 aromatic rings. The van der Waals surface area contributed by atoms with Crippen LogP contribution >= 0.6 is 0 Å². The zero-order valence-corrected chi connectivity index (χ0v) is 14.6. The summed E-state index contributed by atoms with van der Waals surface area (Å²) in [5.74, 6) is -0.756. The Morgan fingerprint density at radius 1 is 1.10 bits per heavy atom. The lowest BCUT2D eigenvalue weighted by Gasteiger charge is -2.36. The number of carbonyl (C=O) groups is 2. The van der Waals surface area contributed by atoms with E-state index in [0.29, 0.717) is 12.2 Å². The summed E-state index contributed by atoms with van der Waals surface area (Å²) < 4.78 is 6.18. The topological polar surface area (TPSA) is 63.6 Å². The van der Waals surface area contributed by atoms with Gasteiger partial charge in [0, 0.05) is 6.42 Å². The van der Waals surface area contributed by atoms with Crippen molar-refractivity contribution in [1.29, 1.82) is 0 Å². The van der Waals surface area contributed by atoms with Crippen LogP contribution in [0.2, 0.25) is 18.1 Å². The van der Waals surface area contributed by atoms with Gasteiger partial charge in [0.2, 0.25) is 8.32 Å². The summed E-state index contributed by atoms with van der Waals surface area (Å²) in [6.07, 6.45) is 1.43. The van der Waals surface area contributed by atoms with Gasteiger partial charge in [0.15, 0.2) is 0 Å². The summed E-state index contributed by atoms with van der Waals surface area (Å²) in [7, 11) is -2.00. The molecule has 20 heavy (non-hydrogen) atoms. The molecule has 0 heterocycles. The molecule has 0 fully saturated rings. The number of hydrogen-bond acceptors (Lipinski definition) is 3. The molecule has 0 saturated carbocycles. The maximum Gasteiger partial charge on any atom is 0.331 e. The molecule has 0 radical (unpaired) electrons. The molecule has 0 aliphatic carbocycles. The van der Waals surface area contributed by atoms with E-state index >= 15 is 0 Å². The van der Waals surface area contributed by atoms with E-state index in [1.807, 2.05) is 0 Å². The molecule has 0 rings (SSSR count). The first-order valence-electron chi connectivity index (χ1n) is 7.36. The minimum absolute atomic E-state index is 0.00351. The summed E-state index contributed by atoms with van der Waals surface area (Å²) in [6, 6.07) is 2.73. The number of hydrogen-bond donors (Lipinski definition) is 1. The molecule has 5 heteroatoms. The van der Waals surface area contributed by atoms with Gasteiger partial charge in [0.1, 0.15) is 5.78 Å². The van der Waals surface area contributed by atoms with Crippen LogP contribution in [-0.2, 0) is 14.0 Å². The molecule has 116 valence electrons. The number of carboxylic acids is 1. The number of carboxylic acid groups (broad SMARTS) is 1. The Balaban J connectivity index is 5.61. The molecule has 0 amide bonds. The lowest BCUT2D eigenvalue weighted by molar-refractivity contribution is -0.131. The number of allylic oxidation sites excluding steroid dienone is 1. The lowest BCUT2D eigenvalue weighted by atomic mass is 9.84. The van der Waals surface area contributed by atoms with Gasteiger partial charge >= 0.3 is 5.97 Å². The van der Waals surface area contributed by atoms with Crippen molar-refractivity contribution in [3.63, 3.8) is 0 Å². The second kappa shape index (κ2) is 7.62. The first-order chi connectivity index (χ1) is 9.19. The predicted octanol–water partition coefficient (Wildman–Crippen LogP) is 3.98. The van der Waals surface area contributed by atoms with Gasteiger partial charge in [0.25, 0.3) is 0 Å². The van der Waals surface area contributed by atoms with Gasteiger partial charge in [-0.25, -0.2) is 4.79 Å². The van der Waals surface area contributed by atoms with Crippen molar-refractivity contribution in [3.8, 4) is 0 Å². The molecule has 0 bridgehead atoms. The van der Waals surface area contributed by atoms with Crippen molar-refractivity contribution in [3.05, 3.63) is 11.8 Å². The largest absolute Gasteiger partial charge is 0.545 e. The van der Waals surface area contributed by atoms with Gasteiger partial charge in [-0.1, -0.05) is 27.7 Å². The Morgan fingerprint density at radius 2 is 1.55 bits per heavy atom. The third kappa shape index (κ3) is 4.47.